The minimum absolute atomic E-state index is 0.0613. The van der Waals surface area contributed by atoms with E-state index in [1.165, 1.54) is 0 Å². The molecular formula is C19H28O5. The summed E-state index contributed by atoms with van der Waals surface area (Å²) in [6, 6.07) is 9.62. The molecule has 2 N–H and O–H groups in total. The minimum atomic E-state index is -0.965. The topological polar surface area (TPSA) is 76.0 Å². The highest BCUT2D eigenvalue weighted by Crippen LogP contribution is 2.17. The molecule has 0 heterocycles. The zero-order chi connectivity index (χ0) is 18.0. The Morgan fingerprint density at radius 2 is 1.92 bits per heavy atom. The molecule has 0 aliphatic rings. The second kappa shape index (κ2) is 10.2. The Morgan fingerprint density at radius 3 is 2.54 bits per heavy atom. The summed E-state index contributed by atoms with van der Waals surface area (Å²) in [5.74, 6) is -0.494. The first-order valence-corrected chi connectivity index (χ1v) is 8.13. The first kappa shape index (κ1) is 20.4. The average molecular weight is 336 g/mol. The van der Waals surface area contributed by atoms with Crippen LogP contribution < -0.4 is 0 Å². The lowest BCUT2D eigenvalue weighted by Gasteiger charge is -2.24. The minimum Gasteiger partial charge on any atom is -0.459 e. The lowest BCUT2D eigenvalue weighted by molar-refractivity contribution is -0.158. The molecule has 0 saturated heterocycles. The van der Waals surface area contributed by atoms with Crippen molar-refractivity contribution in [2.75, 3.05) is 6.61 Å². The summed E-state index contributed by atoms with van der Waals surface area (Å²) in [4.78, 5) is 11.8. The van der Waals surface area contributed by atoms with Crippen LogP contribution in [0.15, 0.2) is 43.0 Å². The Labute approximate surface area is 143 Å². The highest BCUT2D eigenvalue weighted by atomic mass is 16.6. The lowest BCUT2D eigenvalue weighted by Crippen LogP contribution is -2.30. The molecule has 0 aliphatic carbocycles. The largest absolute Gasteiger partial charge is 0.459 e. The van der Waals surface area contributed by atoms with E-state index >= 15 is 0 Å². The van der Waals surface area contributed by atoms with Gasteiger partial charge in [0.1, 0.15) is 5.60 Å². The van der Waals surface area contributed by atoms with Gasteiger partial charge in [0.2, 0.25) is 0 Å². The fraction of sp³-hybridized carbons (Fsp3) is 0.526. The molecule has 1 aromatic rings. The fourth-order valence-corrected chi connectivity index (χ4v) is 2.28. The Morgan fingerprint density at radius 1 is 1.25 bits per heavy atom. The van der Waals surface area contributed by atoms with Gasteiger partial charge in [-0.2, -0.15) is 0 Å². The van der Waals surface area contributed by atoms with Gasteiger partial charge in [0.05, 0.1) is 31.8 Å². The molecular weight excluding hydrogens is 308 g/mol. The number of carbonyl (C=O) groups excluding carboxylic acids is 1. The summed E-state index contributed by atoms with van der Waals surface area (Å²) in [6.45, 7) is 7.68. The molecule has 1 aromatic carbocycles. The molecule has 5 nitrogen and oxygen atoms in total. The van der Waals surface area contributed by atoms with Crippen molar-refractivity contribution in [3.63, 3.8) is 0 Å². The van der Waals surface area contributed by atoms with E-state index in [1.54, 1.807) is 19.9 Å². The summed E-state index contributed by atoms with van der Waals surface area (Å²) in [7, 11) is 0. The van der Waals surface area contributed by atoms with Gasteiger partial charge in [0.15, 0.2) is 0 Å². The number of benzene rings is 1. The smallest absolute Gasteiger partial charge is 0.308 e. The highest BCUT2D eigenvalue weighted by Gasteiger charge is 2.23. The number of hydrogen-bond donors (Lipinski definition) is 2. The second-order valence-corrected chi connectivity index (χ2v) is 6.47. The fourth-order valence-electron chi connectivity index (χ4n) is 2.28. The van der Waals surface area contributed by atoms with Crippen molar-refractivity contribution >= 4 is 5.97 Å². The van der Waals surface area contributed by atoms with E-state index in [-0.39, 0.29) is 19.4 Å². The Kier molecular flexibility index (Phi) is 8.68. The van der Waals surface area contributed by atoms with Crippen molar-refractivity contribution in [1.29, 1.82) is 0 Å². The maximum Gasteiger partial charge on any atom is 0.308 e. The molecule has 2 atom stereocenters. The van der Waals surface area contributed by atoms with Crippen molar-refractivity contribution < 1.29 is 24.5 Å². The third-order valence-corrected chi connectivity index (χ3v) is 3.39. The van der Waals surface area contributed by atoms with Crippen LogP contribution in [-0.2, 0) is 20.9 Å². The van der Waals surface area contributed by atoms with Crippen LogP contribution >= 0.6 is 0 Å². The standard InChI is InChI=1S/C19H28O5/c1-4-10-19(2,3)24-18(22)12-16(20)11-17(21)14-23-13-15-8-6-5-7-9-15/h4-9,16-17,20-21H,1,10-14H2,2-3H3. The molecule has 1 rings (SSSR count). The zero-order valence-corrected chi connectivity index (χ0v) is 14.5. The van der Waals surface area contributed by atoms with Crippen LogP contribution in [0.1, 0.15) is 38.7 Å². The van der Waals surface area contributed by atoms with Gasteiger partial charge >= 0.3 is 5.97 Å². The Hall–Kier alpha value is -1.69. The van der Waals surface area contributed by atoms with Gasteiger partial charge < -0.3 is 19.7 Å². The molecule has 2 unspecified atom stereocenters. The zero-order valence-electron chi connectivity index (χ0n) is 14.5. The van der Waals surface area contributed by atoms with E-state index in [4.69, 9.17) is 9.47 Å². The molecule has 0 bridgehead atoms. The summed E-state index contributed by atoms with van der Waals surface area (Å²) in [6.07, 6.45) is 0.315. The molecule has 0 amide bonds. The molecule has 0 aromatic heterocycles. The van der Waals surface area contributed by atoms with E-state index in [0.29, 0.717) is 13.0 Å². The van der Waals surface area contributed by atoms with Crippen molar-refractivity contribution in [2.24, 2.45) is 0 Å². The second-order valence-electron chi connectivity index (χ2n) is 6.47. The van der Waals surface area contributed by atoms with Crippen LogP contribution in [0.2, 0.25) is 0 Å². The van der Waals surface area contributed by atoms with Gasteiger partial charge in [-0.3, -0.25) is 4.79 Å². The van der Waals surface area contributed by atoms with E-state index in [2.05, 4.69) is 6.58 Å². The number of hydrogen-bond acceptors (Lipinski definition) is 5. The van der Waals surface area contributed by atoms with Gasteiger partial charge in [0.25, 0.3) is 0 Å². The van der Waals surface area contributed by atoms with E-state index < -0.39 is 23.8 Å². The number of aliphatic hydroxyl groups excluding tert-OH is 2. The van der Waals surface area contributed by atoms with Crippen molar-refractivity contribution in [3.05, 3.63) is 48.6 Å². The van der Waals surface area contributed by atoms with Gasteiger partial charge in [-0.05, 0) is 19.4 Å². The Balaban J connectivity index is 2.24. The Bertz CT molecular complexity index is 498. The molecule has 134 valence electrons. The molecule has 0 spiro atoms. The van der Waals surface area contributed by atoms with Crippen LogP contribution in [0.25, 0.3) is 0 Å². The van der Waals surface area contributed by atoms with Crippen LogP contribution in [0.3, 0.4) is 0 Å². The van der Waals surface area contributed by atoms with Gasteiger partial charge in [-0.1, -0.05) is 36.4 Å². The van der Waals surface area contributed by atoms with Crippen LogP contribution in [0.4, 0.5) is 0 Å². The summed E-state index contributed by atoms with van der Waals surface area (Å²) >= 11 is 0. The summed E-state index contributed by atoms with van der Waals surface area (Å²) in [5.41, 5.74) is 0.369. The maximum atomic E-state index is 11.8. The van der Waals surface area contributed by atoms with Gasteiger partial charge in [0, 0.05) is 12.8 Å². The molecule has 24 heavy (non-hydrogen) atoms. The molecule has 0 radical (unpaired) electrons. The first-order valence-electron chi connectivity index (χ1n) is 8.13. The number of ether oxygens (including phenoxy) is 2. The number of esters is 1. The average Bonchev–Trinajstić information content (AvgIpc) is 2.47. The quantitative estimate of drug-likeness (QED) is 0.480. The first-order chi connectivity index (χ1) is 11.3. The highest BCUT2D eigenvalue weighted by molar-refractivity contribution is 5.70. The van der Waals surface area contributed by atoms with Gasteiger partial charge in [-0.15, -0.1) is 6.58 Å². The van der Waals surface area contributed by atoms with Crippen LogP contribution in [0.5, 0.6) is 0 Å². The molecule has 0 saturated carbocycles. The molecule has 0 fully saturated rings. The molecule has 0 aliphatic heterocycles. The van der Waals surface area contributed by atoms with Gasteiger partial charge in [-0.25, -0.2) is 0 Å². The number of aliphatic hydroxyl groups is 2. The third kappa shape index (κ3) is 8.82. The monoisotopic (exact) mass is 336 g/mol. The number of carbonyl (C=O) groups is 1. The predicted octanol–water partition coefficient (Wildman–Crippen LogP) is 2.60. The normalized spacial score (nSPS) is 14.0. The maximum absolute atomic E-state index is 11.8. The lowest BCUT2D eigenvalue weighted by atomic mass is 10.0. The van der Waals surface area contributed by atoms with E-state index in [1.807, 2.05) is 30.3 Å². The van der Waals surface area contributed by atoms with Crippen molar-refractivity contribution in [3.8, 4) is 0 Å². The van der Waals surface area contributed by atoms with Crippen molar-refractivity contribution in [2.45, 2.75) is 57.5 Å². The third-order valence-electron chi connectivity index (χ3n) is 3.39. The molecule has 5 heteroatoms. The number of rotatable bonds is 11. The summed E-state index contributed by atoms with van der Waals surface area (Å²) < 4.78 is 10.7. The van der Waals surface area contributed by atoms with E-state index in [9.17, 15) is 15.0 Å². The van der Waals surface area contributed by atoms with Crippen LogP contribution in [-0.4, -0.2) is 40.6 Å². The summed E-state index contributed by atoms with van der Waals surface area (Å²) in [5, 5.41) is 19.8. The van der Waals surface area contributed by atoms with Crippen molar-refractivity contribution in [1.82, 2.24) is 0 Å². The SMILES string of the molecule is C=CCC(C)(C)OC(=O)CC(O)CC(O)COCc1ccccc1. The van der Waals surface area contributed by atoms with E-state index in [0.717, 1.165) is 5.56 Å². The van der Waals surface area contributed by atoms with Crippen LogP contribution in [0, 0.1) is 0 Å². The predicted molar refractivity (Wildman–Crippen MR) is 92.3 cm³/mol.